The van der Waals surface area contributed by atoms with Gasteiger partial charge in [-0.3, -0.25) is 38.4 Å². The van der Waals surface area contributed by atoms with Crippen molar-refractivity contribution in [2.24, 2.45) is 0 Å². The average Bonchev–Trinajstić information content (AvgIpc) is 0.789. The van der Waals surface area contributed by atoms with Crippen LogP contribution >= 0.6 is 46.4 Å². The number of phenolic OH excluding ortho intramolecular Hbond substituents is 3. The van der Waals surface area contributed by atoms with Crippen molar-refractivity contribution in [1.82, 2.24) is 0 Å². The monoisotopic (exact) mass is 2080 g/mol. The van der Waals surface area contributed by atoms with E-state index in [2.05, 4.69) is 51.1 Å². The molecule has 142 heavy (non-hydrogen) atoms. The quantitative estimate of drug-likeness (QED) is 0.0148. The van der Waals surface area contributed by atoms with Crippen molar-refractivity contribution in [2.45, 2.75) is 151 Å². The van der Waals surface area contributed by atoms with Gasteiger partial charge >= 0.3 is 0 Å². The molecule has 0 fully saturated rings. The third-order valence-electron chi connectivity index (χ3n) is 22.4. The lowest BCUT2D eigenvalue weighted by atomic mass is 9.99. The van der Waals surface area contributed by atoms with Gasteiger partial charge in [-0.2, -0.15) is 0 Å². The van der Waals surface area contributed by atoms with Crippen molar-refractivity contribution < 1.29 is 92.1 Å². The zero-order chi connectivity index (χ0) is 104. The van der Waals surface area contributed by atoms with Crippen molar-refractivity contribution >= 4 is 173 Å². The molecule has 4 atom stereocenters. The second-order valence-electron chi connectivity index (χ2n) is 33.7. The Morgan fingerprint density at radius 3 is 1.28 bits per heavy atom. The second kappa shape index (κ2) is 48.4. The first-order valence-corrected chi connectivity index (χ1v) is 52.2. The van der Waals surface area contributed by atoms with Gasteiger partial charge < -0.3 is 57.3 Å². The summed E-state index contributed by atoms with van der Waals surface area (Å²) in [5.41, 5.74) is 10.6. The molecule has 740 valence electrons. The Kier molecular flexibility index (Phi) is 37.5. The standard InChI is InChI=1S/C33H34N2O6S.C26H26ClNO5S.C24H21Cl3N2O5S.C24H24N2O4S/c1-5-23(4)24-13-15-26(16-14-24)41-31-19-28(35-33(38)25-11-9-21(2)10-12-25)30(36)18-29(31)34-32(37)20-42(39,40)27-8-6-7-22(3)17-27;1-5-24(34(32,33)19-11-16(3)10-17(4)12-19)26(31)28-22-14-23(29)20(13-21(22)27)25(30)18-8-6-15(2)7-9-18;1-3-22(35(33,34)15-6-4-5-13(2)9-15)24(32)28-19-12-21(30)20(11-18(19)27)29-23(31)14-7-8-16(25)17(26)10-14;1-16-7-13-22(14-8-16)31(29,30)18(3)23(27)25-20-9-11-21(12-10-20)26-24(28)19-6-4-5-17(2)15-19/h6-19,23,36H,5,20H2,1-4H3,(H,34,37)(H,35,38);6-14,24,29H,5H2,1-4H3,(H,28,31);4-12,22,30H,3H2,1-2H3,(H,28,32)(H,29,31);4-15,18H,1-3H3,(H,25,27)(H,26,28). The van der Waals surface area contributed by atoms with Gasteiger partial charge in [-0.25, -0.2) is 33.7 Å². The Hall–Kier alpha value is -14.0. The highest BCUT2D eigenvalue weighted by molar-refractivity contribution is 7.93. The van der Waals surface area contributed by atoms with Crippen LogP contribution in [0.1, 0.15) is 157 Å². The van der Waals surface area contributed by atoms with E-state index in [1.54, 1.807) is 175 Å². The highest BCUT2D eigenvalue weighted by Gasteiger charge is 2.37. The molecule has 0 spiro atoms. The van der Waals surface area contributed by atoms with Crippen LogP contribution in [0, 0.1) is 55.4 Å². The van der Waals surface area contributed by atoms with Gasteiger partial charge in [0.1, 0.15) is 44.5 Å². The number of phenols is 3. The number of carbonyl (C=O) groups excluding carboxylic acids is 8. The molecular weight excluding hydrogens is 1970 g/mol. The summed E-state index contributed by atoms with van der Waals surface area (Å²) in [5.74, 6) is -5.74. The highest BCUT2D eigenvalue weighted by Crippen LogP contribution is 2.42. The maximum atomic E-state index is 13.2. The van der Waals surface area contributed by atoms with Crippen LogP contribution in [0.5, 0.6) is 28.7 Å². The lowest BCUT2D eigenvalue weighted by molar-refractivity contribution is -0.116. The average molecular weight is 2080 g/mol. The Labute approximate surface area is 845 Å². The number of ketones is 1. The fraction of sp³-hybridized carbons (Fsp3) is 0.196. The summed E-state index contributed by atoms with van der Waals surface area (Å²) in [4.78, 5) is 102. The van der Waals surface area contributed by atoms with Gasteiger partial charge in [0.15, 0.2) is 50.9 Å². The van der Waals surface area contributed by atoms with Crippen LogP contribution in [0.4, 0.5) is 39.8 Å². The number of nitrogens with one attached hydrogen (secondary N) is 7. The number of amides is 7. The molecule has 0 heterocycles. The number of rotatable bonds is 30. The third-order valence-corrected chi connectivity index (χ3v) is 31.8. The zero-order valence-electron chi connectivity index (χ0n) is 79.5. The molecule has 13 rings (SSSR count). The number of hydrogen-bond acceptors (Lipinski definition) is 20. The number of aromatic hydroxyl groups is 3. The van der Waals surface area contributed by atoms with Crippen LogP contribution in [0.25, 0.3) is 0 Å². The molecule has 10 N–H and O–H groups in total. The summed E-state index contributed by atoms with van der Waals surface area (Å²) in [6.07, 6.45) is 1.03. The van der Waals surface area contributed by atoms with Crippen LogP contribution in [-0.2, 0) is 58.5 Å². The van der Waals surface area contributed by atoms with Crippen molar-refractivity contribution in [3.63, 3.8) is 0 Å². The molecule has 0 bridgehead atoms. The fourth-order valence-corrected chi connectivity index (χ4v) is 21.0. The number of carbonyl (C=O) groups is 8. The zero-order valence-corrected chi connectivity index (χ0v) is 85.8. The minimum absolute atomic E-state index is 0.000243. The summed E-state index contributed by atoms with van der Waals surface area (Å²) in [6, 6.07) is 70.5. The summed E-state index contributed by atoms with van der Waals surface area (Å²) >= 11 is 24.3. The largest absolute Gasteiger partial charge is 0.507 e. The molecule has 0 aliphatic heterocycles. The Morgan fingerprint density at radius 2 is 0.761 bits per heavy atom. The van der Waals surface area contributed by atoms with E-state index in [4.69, 9.17) is 51.1 Å². The number of ether oxygens (including phenoxy) is 1. The van der Waals surface area contributed by atoms with Crippen LogP contribution in [0.15, 0.2) is 287 Å². The first-order valence-electron chi connectivity index (χ1n) is 44.4. The van der Waals surface area contributed by atoms with E-state index >= 15 is 0 Å². The molecule has 27 nitrogen and oxygen atoms in total. The molecule has 13 aromatic rings. The van der Waals surface area contributed by atoms with Gasteiger partial charge in [0.2, 0.25) is 23.6 Å². The molecule has 35 heteroatoms. The van der Waals surface area contributed by atoms with Gasteiger partial charge in [0, 0.05) is 57.9 Å². The van der Waals surface area contributed by atoms with Crippen molar-refractivity contribution in [3.8, 4) is 28.7 Å². The van der Waals surface area contributed by atoms with E-state index in [0.29, 0.717) is 39.7 Å². The lowest BCUT2D eigenvalue weighted by Crippen LogP contribution is -2.35. The Balaban J connectivity index is 0.000000196. The molecule has 0 aliphatic rings. The van der Waals surface area contributed by atoms with E-state index in [1.165, 1.54) is 97.9 Å². The number of hydrogen-bond donors (Lipinski definition) is 10. The molecule has 0 aliphatic carbocycles. The van der Waals surface area contributed by atoms with Gasteiger partial charge in [0.05, 0.1) is 73.7 Å². The summed E-state index contributed by atoms with van der Waals surface area (Å²) in [6.45, 7) is 23.4. The second-order valence-corrected chi connectivity index (χ2v) is 43.8. The van der Waals surface area contributed by atoms with Gasteiger partial charge in [-0.1, -0.05) is 199 Å². The summed E-state index contributed by atoms with van der Waals surface area (Å²) in [5, 5.41) is 46.2. The van der Waals surface area contributed by atoms with Crippen molar-refractivity contribution in [3.05, 3.63) is 365 Å². The first kappa shape index (κ1) is 110. The lowest BCUT2D eigenvalue weighted by Gasteiger charge is -2.18. The van der Waals surface area contributed by atoms with Gasteiger partial charge in [0.25, 0.3) is 17.7 Å². The molecule has 0 aromatic heterocycles. The molecule has 0 saturated heterocycles. The van der Waals surface area contributed by atoms with E-state index in [0.717, 1.165) is 68.6 Å². The third kappa shape index (κ3) is 29.1. The van der Waals surface area contributed by atoms with Crippen LogP contribution in [0.2, 0.25) is 20.1 Å². The molecule has 13 aromatic carbocycles. The van der Waals surface area contributed by atoms with Crippen LogP contribution < -0.4 is 42.0 Å². The van der Waals surface area contributed by atoms with Crippen molar-refractivity contribution in [1.29, 1.82) is 0 Å². The van der Waals surface area contributed by atoms with Gasteiger partial charge in [-0.15, -0.1) is 0 Å². The van der Waals surface area contributed by atoms with Crippen molar-refractivity contribution in [2.75, 3.05) is 43.0 Å². The molecule has 0 radical (unpaired) electrons. The van der Waals surface area contributed by atoms with E-state index < -0.39 is 108 Å². The number of halogens is 4. The molecule has 4 unspecified atom stereocenters. The van der Waals surface area contributed by atoms with Crippen LogP contribution in [-0.4, -0.2) is 118 Å². The minimum atomic E-state index is -3.97. The predicted octanol–water partition coefficient (Wildman–Crippen LogP) is 22.8. The number of aryl methyl sites for hydroxylation is 8. The summed E-state index contributed by atoms with van der Waals surface area (Å²) in [7, 11) is -15.7. The summed E-state index contributed by atoms with van der Waals surface area (Å²) < 4.78 is 110. The minimum Gasteiger partial charge on any atom is -0.507 e. The fourth-order valence-electron chi connectivity index (χ4n) is 14.2. The first-order chi connectivity index (χ1) is 67.0. The number of benzene rings is 13. The maximum absolute atomic E-state index is 13.2. The normalized spacial score (nSPS) is 12.1. The van der Waals surface area contributed by atoms with E-state index in [-0.39, 0.29) is 115 Å². The Morgan fingerprint density at radius 1 is 0.324 bits per heavy atom. The topological polar surface area (TPSA) is 427 Å². The molecule has 7 amide bonds. The predicted molar refractivity (Wildman–Crippen MR) is 558 cm³/mol. The van der Waals surface area contributed by atoms with Crippen LogP contribution in [0.3, 0.4) is 0 Å². The maximum Gasteiger partial charge on any atom is 0.255 e. The molecular formula is C107H105Cl4N7O20S4. The van der Waals surface area contributed by atoms with E-state index in [9.17, 15) is 87.3 Å². The smallest absolute Gasteiger partial charge is 0.255 e. The molecule has 0 saturated carbocycles. The SMILES string of the molecule is CCC(C(=O)Nc1cc(O)c(C(=O)c2ccc(C)cc2)cc1Cl)S(=O)(=O)c1cc(C)cc(C)c1.CCC(C(=O)Nc1cc(O)c(NC(=O)c2ccc(Cl)c(Cl)c2)cc1Cl)S(=O)(=O)c1cccc(C)c1.CCC(C)c1ccc(Oc2cc(NC(=O)c3ccc(C)cc3)c(O)cc2NC(=O)CS(=O)(=O)c2cccc(C)c2)cc1.Cc1ccc(S(=O)(=O)C(C)C(=O)Nc2ccc(NC(=O)c3cccc(C)c3)cc2)cc1. The highest BCUT2D eigenvalue weighted by atomic mass is 35.5. The number of sulfone groups is 4. The van der Waals surface area contributed by atoms with E-state index in [1.807, 2.05) is 58.0 Å². The Bertz CT molecular complexity index is 7410. The number of anilines is 7. The van der Waals surface area contributed by atoms with Gasteiger partial charge in [-0.05, 0) is 255 Å².